The van der Waals surface area contributed by atoms with Crippen LogP contribution in [0.5, 0.6) is 0 Å². The third kappa shape index (κ3) is 1.94. The summed E-state index contributed by atoms with van der Waals surface area (Å²) in [5.41, 5.74) is 0. The minimum atomic E-state index is -0.630. The van der Waals surface area contributed by atoms with Crippen LogP contribution in [0.25, 0.3) is 0 Å². The summed E-state index contributed by atoms with van der Waals surface area (Å²) in [5, 5.41) is 9.64. The Kier molecular flexibility index (Phi) is 2.91. The Morgan fingerprint density at radius 2 is 2.27 bits per heavy atom. The topological polar surface area (TPSA) is 74.1 Å². The van der Waals surface area contributed by atoms with Crippen LogP contribution in [0.15, 0.2) is 10.5 Å². The summed E-state index contributed by atoms with van der Waals surface area (Å²) in [5.74, 6) is 0. The SMILES string of the molecule is O=NC1CNCCCN1N=O. The van der Waals surface area contributed by atoms with Crippen LogP contribution in [0.3, 0.4) is 0 Å². The van der Waals surface area contributed by atoms with E-state index in [1.807, 2.05) is 0 Å². The monoisotopic (exact) mass is 158 g/mol. The summed E-state index contributed by atoms with van der Waals surface area (Å²) >= 11 is 0. The van der Waals surface area contributed by atoms with E-state index in [1.165, 1.54) is 5.01 Å². The van der Waals surface area contributed by atoms with E-state index in [0.29, 0.717) is 13.1 Å². The van der Waals surface area contributed by atoms with Crippen molar-refractivity contribution in [3.05, 3.63) is 9.81 Å². The normalized spacial score (nSPS) is 25.8. The van der Waals surface area contributed by atoms with Crippen molar-refractivity contribution in [1.29, 1.82) is 0 Å². The fraction of sp³-hybridized carbons (Fsp3) is 1.00. The Balaban J connectivity index is 2.54. The Morgan fingerprint density at radius 3 is 2.91 bits per heavy atom. The quantitative estimate of drug-likeness (QED) is 0.576. The second-order valence-electron chi connectivity index (χ2n) is 2.39. The molecule has 6 heteroatoms. The molecule has 0 aromatic heterocycles. The zero-order valence-corrected chi connectivity index (χ0v) is 6.06. The van der Waals surface area contributed by atoms with Gasteiger partial charge in [0, 0.05) is 13.1 Å². The summed E-state index contributed by atoms with van der Waals surface area (Å²) in [6, 6.07) is 0. The predicted molar refractivity (Wildman–Crippen MR) is 39.6 cm³/mol. The Labute approximate surface area is 63.9 Å². The van der Waals surface area contributed by atoms with Crippen LogP contribution in [0.4, 0.5) is 0 Å². The van der Waals surface area contributed by atoms with Gasteiger partial charge in [-0.15, -0.1) is 9.81 Å². The first-order valence-corrected chi connectivity index (χ1v) is 3.51. The first kappa shape index (κ1) is 8.06. The molecule has 1 unspecified atom stereocenters. The van der Waals surface area contributed by atoms with Crippen molar-refractivity contribution in [3.63, 3.8) is 0 Å². The highest BCUT2D eigenvalue weighted by atomic mass is 16.3. The molecule has 6 nitrogen and oxygen atoms in total. The maximum absolute atomic E-state index is 10.2. The van der Waals surface area contributed by atoms with Crippen LogP contribution in [0.2, 0.25) is 0 Å². The molecule has 0 amide bonds. The lowest BCUT2D eigenvalue weighted by atomic mass is 10.4. The predicted octanol–water partition coefficient (Wildman–Crippen LogP) is 0.0556. The van der Waals surface area contributed by atoms with E-state index in [1.54, 1.807) is 0 Å². The molecule has 0 saturated carbocycles. The molecule has 1 aliphatic rings. The summed E-state index contributed by atoms with van der Waals surface area (Å²) in [4.78, 5) is 20.3. The van der Waals surface area contributed by atoms with E-state index in [9.17, 15) is 9.81 Å². The highest BCUT2D eigenvalue weighted by molar-refractivity contribution is 4.72. The highest BCUT2D eigenvalue weighted by Gasteiger charge is 2.20. The van der Waals surface area contributed by atoms with Gasteiger partial charge in [-0.1, -0.05) is 0 Å². The average Bonchev–Trinajstić information content (AvgIpc) is 2.27. The van der Waals surface area contributed by atoms with Gasteiger partial charge in [-0.3, -0.25) is 0 Å². The van der Waals surface area contributed by atoms with E-state index in [-0.39, 0.29) is 0 Å². The van der Waals surface area contributed by atoms with Crippen molar-refractivity contribution in [1.82, 2.24) is 10.3 Å². The van der Waals surface area contributed by atoms with Crippen molar-refractivity contribution in [2.75, 3.05) is 19.6 Å². The standard InChI is InChI=1S/C5H10N4O2/c10-7-5-4-6-2-1-3-9(5)8-11/h5-6H,1-4H2. The number of nitrogens with zero attached hydrogens (tertiary/aromatic N) is 3. The molecule has 0 spiro atoms. The second-order valence-corrected chi connectivity index (χ2v) is 2.39. The van der Waals surface area contributed by atoms with Gasteiger partial charge in [-0.2, -0.15) is 0 Å². The number of nitrogens with one attached hydrogen (secondary N) is 1. The Hall–Kier alpha value is -1.04. The van der Waals surface area contributed by atoms with E-state index >= 15 is 0 Å². The summed E-state index contributed by atoms with van der Waals surface area (Å²) in [6.45, 7) is 1.72. The molecular formula is C5H10N4O2. The average molecular weight is 158 g/mol. The molecule has 0 bridgehead atoms. The highest BCUT2D eigenvalue weighted by Crippen LogP contribution is 2.04. The molecule has 0 aliphatic carbocycles. The van der Waals surface area contributed by atoms with Crippen molar-refractivity contribution >= 4 is 0 Å². The molecule has 1 rings (SSSR count). The molecule has 1 saturated heterocycles. The number of hydrogen-bond acceptors (Lipinski definition) is 5. The molecule has 1 aliphatic heterocycles. The molecule has 0 aromatic rings. The van der Waals surface area contributed by atoms with Crippen molar-refractivity contribution in [2.24, 2.45) is 10.5 Å². The molecule has 0 aromatic carbocycles. The van der Waals surface area contributed by atoms with Gasteiger partial charge in [0.1, 0.15) is 0 Å². The zero-order valence-electron chi connectivity index (χ0n) is 6.06. The second kappa shape index (κ2) is 3.97. The number of nitroso groups, excluding NO2 is 2. The van der Waals surface area contributed by atoms with Gasteiger partial charge < -0.3 is 5.32 Å². The molecule has 1 atom stereocenters. The fourth-order valence-electron chi connectivity index (χ4n) is 1.04. The lowest BCUT2D eigenvalue weighted by Crippen LogP contribution is -2.33. The summed E-state index contributed by atoms with van der Waals surface area (Å²) in [6.07, 6.45) is 0.188. The number of rotatable bonds is 2. The van der Waals surface area contributed by atoms with E-state index in [2.05, 4.69) is 15.8 Å². The van der Waals surface area contributed by atoms with Crippen molar-refractivity contribution in [3.8, 4) is 0 Å². The molecule has 1 fully saturated rings. The van der Waals surface area contributed by atoms with E-state index in [4.69, 9.17) is 0 Å². The third-order valence-corrected chi connectivity index (χ3v) is 1.64. The van der Waals surface area contributed by atoms with Crippen molar-refractivity contribution < 1.29 is 0 Å². The van der Waals surface area contributed by atoms with Gasteiger partial charge >= 0.3 is 0 Å². The molecule has 11 heavy (non-hydrogen) atoms. The van der Waals surface area contributed by atoms with Crippen LogP contribution < -0.4 is 5.32 Å². The van der Waals surface area contributed by atoms with Crippen LogP contribution in [-0.2, 0) is 0 Å². The summed E-state index contributed by atoms with van der Waals surface area (Å²) in [7, 11) is 0. The zero-order chi connectivity index (χ0) is 8.10. The van der Waals surface area contributed by atoms with Gasteiger partial charge in [-0.05, 0) is 18.1 Å². The molecule has 0 radical (unpaired) electrons. The largest absolute Gasteiger partial charge is 0.313 e. The van der Waals surface area contributed by atoms with Crippen LogP contribution in [-0.4, -0.2) is 30.8 Å². The van der Waals surface area contributed by atoms with Gasteiger partial charge in [0.25, 0.3) is 0 Å². The summed E-state index contributed by atoms with van der Waals surface area (Å²) < 4.78 is 0. The Bertz CT molecular complexity index is 135. The van der Waals surface area contributed by atoms with Crippen LogP contribution in [0.1, 0.15) is 6.42 Å². The number of hydrogen-bond donors (Lipinski definition) is 1. The third-order valence-electron chi connectivity index (χ3n) is 1.64. The minimum Gasteiger partial charge on any atom is -0.313 e. The Morgan fingerprint density at radius 1 is 1.45 bits per heavy atom. The van der Waals surface area contributed by atoms with Crippen molar-refractivity contribution in [2.45, 2.75) is 12.6 Å². The maximum Gasteiger partial charge on any atom is 0.194 e. The smallest absolute Gasteiger partial charge is 0.194 e. The van der Waals surface area contributed by atoms with E-state index in [0.717, 1.165) is 13.0 Å². The lowest BCUT2D eigenvalue weighted by molar-refractivity contribution is 0.220. The molecule has 1 heterocycles. The van der Waals surface area contributed by atoms with Gasteiger partial charge in [-0.25, -0.2) is 5.01 Å². The lowest BCUT2D eigenvalue weighted by Gasteiger charge is -2.15. The first-order chi connectivity index (χ1) is 5.38. The van der Waals surface area contributed by atoms with Gasteiger partial charge in [0.2, 0.25) is 0 Å². The van der Waals surface area contributed by atoms with Gasteiger partial charge in [0.15, 0.2) is 6.17 Å². The van der Waals surface area contributed by atoms with Crippen LogP contribution >= 0.6 is 0 Å². The van der Waals surface area contributed by atoms with E-state index < -0.39 is 6.17 Å². The maximum atomic E-state index is 10.2. The fourth-order valence-corrected chi connectivity index (χ4v) is 1.04. The molecular weight excluding hydrogens is 148 g/mol. The molecule has 1 N–H and O–H groups in total. The first-order valence-electron chi connectivity index (χ1n) is 3.51. The minimum absolute atomic E-state index is 0.412. The van der Waals surface area contributed by atoms with Crippen LogP contribution in [0, 0.1) is 9.81 Å². The molecule has 62 valence electrons. The van der Waals surface area contributed by atoms with Gasteiger partial charge in [0.05, 0.1) is 5.29 Å².